The number of morpholine rings is 1. The number of benzene rings is 1. The summed E-state index contributed by atoms with van der Waals surface area (Å²) in [5.41, 5.74) is 0.973. The fraction of sp³-hybridized carbons (Fsp3) is 0.429. The molecule has 2 aromatic rings. The van der Waals surface area contributed by atoms with Crippen LogP contribution in [0.5, 0.6) is 0 Å². The van der Waals surface area contributed by atoms with Gasteiger partial charge in [0, 0.05) is 42.4 Å². The third-order valence-corrected chi connectivity index (χ3v) is 5.27. The molecule has 150 valence electrons. The predicted molar refractivity (Wildman–Crippen MR) is 111 cm³/mol. The summed E-state index contributed by atoms with van der Waals surface area (Å²) in [6, 6.07) is 8.40. The van der Waals surface area contributed by atoms with Crippen molar-refractivity contribution < 1.29 is 13.9 Å². The molecule has 28 heavy (non-hydrogen) atoms. The van der Waals surface area contributed by atoms with Gasteiger partial charge in [-0.3, -0.25) is 4.79 Å². The first kappa shape index (κ1) is 20.7. The number of anilines is 1. The van der Waals surface area contributed by atoms with E-state index in [2.05, 4.69) is 25.8 Å². The van der Waals surface area contributed by atoms with Gasteiger partial charge in [0.15, 0.2) is 0 Å². The largest absolute Gasteiger partial charge is 0.372 e. The van der Waals surface area contributed by atoms with Gasteiger partial charge in [-0.25, -0.2) is 9.37 Å². The molecule has 1 aromatic carbocycles. The molecular weight excluding hydrogens is 425 g/mol. The van der Waals surface area contributed by atoms with Crippen molar-refractivity contribution >= 4 is 27.7 Å². The molecule has 1 saturated heterocycles. The second-order valence-electron chi connectivity index (χ2n) is 7.12. The van der Waals surface area contributed by atoms with Gasteiger partial charge >= 0.3 is 0 Å². The molecule has 0 bridgehead atoms. The number of rotatable bonds is 5. The summed E-state index contributed by atoms with van der Waals surface area (Å²) in [6.45, 7) is 8.20. The smallest absolute Gasteiger partial charge is 0.255 e. The van der Waals surface area contributed by atoms with E-state index in [-0.39, 0.29) is 30.5 Å². The van der Waals surface area contributed by atoms with Crippen molar-refractivity contribution in [3.8, 4) is 0 Å². The zero-order valence-corrected chi connectivity index (χ0v) is 17.9. The third-order valence-electron chi connectivity index (χ3n) is 4.78. The van der Waals surface area contributed by atoms with Crippen LogP contribution in [0.4, 0.5) is 10.2 Å². The highest BCUT2D eigenvalue weighted by molar-refractivity contribution is 9.10. The first-order valence-electron chi connectivity index (χ1n) is 9.47. The van der Waals surface area contributed by atoms with E-state index in [4.69, 9.17) is 4.74 Å². The van der Waals surface area contributed by atoms with Gasteiger partial charge in [0.2, 0.25) is 0 Å². The molecule has 0 saturated carbocycles. The van der Waals surface area contributed by atoms with E-state index in [0.29, 0.717) is 17.7 Å². The second kappa shape index (κ2) is 9.01. The van der Waals surface area contributed by atoms with Crippen molar-refractivity contribution in [1.29, 1.82) is 0 Å². The number of carbonyl (C=O) groups is 1. The molecule has 2 heterocycles. The molecule has 1 aromatic heterocycles. The van der Waals surface area contributed by atoms with Gasteiger partial charge in [0.25, 0.3) is 5.91 Å². The number of hydrogen-bond donors (Lipinski definition) is 0. The highest BCUT2D eigenvalue weighted by Gasteiger charge is 2.24. The summed E-state index contributed by atoms with van der Waals surface area (Å²) in [4.78, 5) is 21.2. The molecule has 5 nitrogen and oxygen atoms in total. The fourth-order valence-electron chi connectivity index (χ4n) is 3.44. The minimum absolute atomic E-state index is 0.141. The van der Waals surface area contributed by atoms with Crippen molar-refractivity contribution in [1.82, 2.24) is 9.88 Å². The summed E-state index contributed by atoms with van der Waals surface area (Å²) in [6.07, 6.45) is 1.88. The lowest BCUT2D eigenvalue weighted by molar-refractivity contribution is -0.00546. The summed E-state index contributed by atoms with van der Waals surface area (Å²) in [7, 11) is 0. The number of carbonyl (C=O) groups excluding carboxylic acids is 1. The Balaban J connectivity index is 1.73. The molecule has 3 rings (SSSR count). The van der Waals surface area contributed by atoms with Crippen LogP contribution in [-0.2, 0) is 11.3 Å². The Hall–Kier alpha value is -1.99. The van der Waals surface area contributed by atoms with Crippen molar-refractivity contribution in [3.05, 3.63) is 57.9 Å². The average molecular weight is 450 g/mol. The lowest BCUT2D eigenvalue weighted by atomic mass is 10.1. The number of halogens is 2. The average Bonchev–Trinajstić information content (AvgIpc) is 2.67. The Morgan fingerprint density at radius 3 is 2.61 bits per heavy atom. The van der Waals surface area contributed by atoms with E-state index in [1.807, 2.05) is 26.8 Å². The molecule has 2 unspecified atom stereocenters. The SMILES string of the molecule is CCN(Cc1cc(Br)ccc1F)C(=O)c1ccc(N2CC(C)OC(C)C2)nc1. The molecule has 0 aliphatic carbocycles. The summed E-state index contributed by atoms with van der Waals surface area (Å²) < 4.78 is 20.6. The topological polar surface area (TPSA) is 45.7 Å². The fourth-order valence-corrected chi connectivity index (χ4v) is 3.85. The van der Waals surface area contributed by atoms with Gasteiger partial charge in [0.1, 0.15) is 11.6 Å². The van der Waals surface area contributed by atoms with Gasteiger partial charge in [-0.05, 0) is 51.1 Å². The predicted octanol–water partition coefficient (Wildman–Crippen LogP) is 4.26. The summed E-state index contributed by atoms with van der Waals surface area (Å²) in [5.74, 6) is 0.350. The van der Waals surface area contributed by atoms with Crippen LogP contribution >= 0.6 is 15.9 Å². The van der Waals surface area contributed by atoms with Gasteiger partial charge in [-0.1, -0.05) is 15.9 Å². The molecular formula is C21H25BrFN3O2. The number of aromatic nitrogens is 1. The maximum Gasteiger partial charge on any atom is 0.255 e. The van der Waals surface area contributed by atoms with Crippen LogP contribution in [0.3, 0.4) is 0 Å². The zero-order chi connectivity index (χ0) is 20.3. The number of amides is 1. The van der Waals surface area contributed by atoms with Crippen LogP contribution in [0, 0.1) is 5.82 Å². The molecule has 1 aliphatic rings. The first-order valence-corrected chi connectivity index (χ1v) is 10.3. The van der Waals surface area contributed by atoms with Crippen molar-refractivity contribution in [2.45, 2.75) is 39.5 Å². The molecule has 0 spiro atoms. The summed E-state index contributed by atoms with van der Waals surface area (Å²) in [5, 5.41) is 0. The molecule has 7 heteroatoms. The Bertz CT molecular complexity index is 821. The van der Waals surface area contributed by atoms with E-state index >= 15 is 0 Å². The van der Waals surface area contributed by atoms with Crippen LogP contribution in [0.25, 0.3) is 0 Å². The zero-order valence-electron chi connectivity index (χ0n) is 16.4. The molecule has 2 atom stereocenters. The summed E-state index contributed by atoms with van der Waals surface area (Å²) >= 11 is 3.35. The monoisotopic (exact) mass is 449 g/mol. The lowest BCUT2D eigenvalue weighted by Crippen LogP contribution is -2.45. The van der Waals surface area contributed by atoms with Gasteiger partial charge in [-0.2, -0.15) is 0 Å². The van der Waals surface area contributed by atoms with Crippen LogP contribution in [0.1, 0.15) is 36.7 Å². The molecule has 1 fully saturated rings. The van der Waals surface area contributed by atoms with E-state index in [1.54, 1.807) is 29.3 Å². The Morgan fingerprint density at radius 2 is 2.00 bits per heavy atom. The molecule has 1 amide bonds. The Kier molecular flexibility index (Phi) is 6.67. The Labute approximate surface area is 173 Å². The van der Waals surface area contributed by atoms with Crippen molar-refractivity contribution in [2.75, 3.05) is 24.5 Å². The van der Waals surface area contributed by atoms with E-state index < -0.39 is 0 Å². The highest BCUT2D eigenvalue weighted by Crippen LogP contribution is 2.21. The quantitative estimate of drug-likeness (QED) is 0.683. The maximum absolute atomic E-state index is 14.1. The minimum Gasteiger partial charge on any atom is -0.372 e. The van der Waals surface area contributed by atoms with Gasteiger partial charge < -0.3 is 14.5 Å². The standard InChI is InChI=1S/C21H25BrFN3O2/c1-4-25(13-17-9-18(22)6-7-19(17)23)21(27)16-5-8-20(24-10-16)26-11-14(2)28-15(3)12-26/h5-10,14-15H,4,11-13H2,1-3H3. The van der Waals surface area contributed by atoms with Gasteiger partial charge in [0.05, 0.1) is 17.8 Å². The second-order valence-corrected chi connectivity index (χ2v) is 8.04. The van der Waals surface area contributed by atoms with E-state index in [1.165, 1.54) is 6.07 Å². The number of hydrogen-bond acceptors (Lipinski definition) is 4. The van der Waals surface area contributed by atoms with Crippen LogP contribution < -0.4 is 4.90 Å². The van der Waals surface area contributed by atoms with Crippen molar-refractivity contribution in [2.24, 2.45) is 0 Å². The van der Waals surface area contributed by atoms with Crippen LogP contribution in [0.15, 0.2) is 41.0 Å². The van der Waals surface area contributed by atoms with Crippen LogP contribution in [-0.4, -0.2) is 47.6 Å². The minimum atomic E-state index is -0.321. The van der Waals surface area contributed by atoms with E-state index in [9.17, 15) is 9.18 Å². The van der Waals surface area contributed by atoms with Crippen molar-refractivity contribution in [3.63, 3.8) is 0 Å². The van der Waals surface area contributed by atoms with Crippen LogP contribution in [0.2, 0.25) is 0 Å². The number of nitrogens with zero attached hydrogens (tertiary/aromatic N) is 3. The van der Waals surface area contributed by atoms with E-state index in [0.717, 1.165) is 23.4 Å². The molecule has 0 N–H and O–H groups in total. The number of pyridine rings is 1. The Morgan fingerprint density at radius 1 is 1.29 bits per heavy atom. The van der Waals surface area contributed by atoms with Gasteiger partial charge in [-0.15, -0.1) is 0 Å². The maximum atomic E-state index is 14.1. The third kappa shape index (κ3) is 4.89. The lowest BCUT2D eigenvalue weighted by Gasteiger charge is -2.36. The first-order chi connectivity index (χ1) is 13.4. The molecule has 1 aliphatic heterocycles. The molecule has 0 radical (unpaired) electrons. The highest BCUT2D eigenvalue weighted by atomic mass is 79.9. The number of ether oxygens (including phenoxy) is 1. The normalized spacial score (nSPS) is 19.5.